The fourth-order valence-electron chi connectivity index (χ4n) is 3.61. The van der Waals surface area contributed by atoms with Crippen molar-refractivity contribution in [2.75, 3.05) is 20.3 Å². The third-order valence-corrected chi connectivity index (χ3v) is 7.09. The molecule has 1 unspecified atom stereocenters. The number of nitrogens with one attached hydrogen (secondary N) is 2. The van der Waals surface area contributed by atoms with Crippen molar-refractivity contribution >= 4 is 25.6 Å². The monoisotopic (exact) mass is 468 g/mol. The van der Waals surface area contributed by atoms with Gasteiger partial charge in [0.1, 0.15) is 12.1 Å². The summed E-state index contributed by atoms with van der Waals surface area (Å²) in [5.74, 6) is -1.94. The van der Waals surface area contributed by atoms with Crippen molar-refractivity contribution in [3.8, 4) is 0 Å². The summed E-state index contributed by atoms with van der Waals surface area (Å²) in [6.45, 7) is 3.27. The molecule has 0 spiro atoms. The number of esters is 2. The number of hydrogen-bond donors (Lipinski definition) is 2. The van der Waals surface area contributed by atoms with Gasteiger partial charge in [-0.05, 0) is 18.1 Å². The molecule has 0 radical (unpaired) electrons. The Kier molecular flexibility index (Phi) is 8.05. The molecule has 2 aliphatic rings. The Hall–Kier alpha value is -2.26. The summed E-state index contributed by atoms with van der Waals surface area (Å²) in [6.07, 6.45) is -0.0854. The number of amides is 1. The molecule has 3 rings (SSSR count). The minimum Gasteiger partial charge on any atom is -0.469 e. The van der Waals surface area contributed by atoms with Gasteiger partial charge < -0.3 is 14.8 Å². The lowest BCUT2D eigenvalue weighted by Gasteiger charge is -2.34. The fraction of sp³-hybridized carbons (Fsp3) is 0.571. The molecule has 2 N–H and O–H groups in total. The Morgan fingerprint density at radius 1 is 1.22 bits per heavy atom. The summed E-state index contributed by atoms with van der Waals surface area (Å²) in [6, 6.07) is 6.93. The van der Waals surface area contributed by atoms with E-state index < -0.39 is 37.7 Å². The number of fused-ring (bicyclic) bond motifs is 1. The van der Waals surface area contributed by atoms with Crippen LogP contribution in [0.25, 0.3) is 0 Å². The summed E-state index contributed by atoms with van der Waals surface area (Å²) in [4.78, 5) is 36.2. The van der Waals surface area contributed by atoms with Gasteiger partial charge in [-0.25, -0.2) is 9.65 Å². The first-order valence-electron chi connectivity index (χ1n) is 10.5. The van der Waals surface area contributed by atoms with Gasteiger partial charge in [-0.15, -0.1) is 0 Å². The van der Waals surface area contributed by atoms with Crippen LogP contribution >= 0.6 is 7.75 Å². The molecule has 0 aromatic heterocycles. The van der Waals surface area contributed by atoms with E-state index in [0.29, 0.717) is 12.8 Å². The van der Waals surface area contributed by atoms with E-state index in [4.69, 9.17) is 13.8 Å². The molecule has 176 valence electrons. The van der Waals surface area contributed by atoms with Gasteiger partial charge in [0, 0.05) is 25.3 Å². The summed E-state index contributed by atoms with van der Waals surface area (Å²) in [5, 5.41) is 5.12. The van der Waals surface area contributed by atoms with Gasteiger partial charge in [0.05, 0.1) is 20.1 Å². The second-order valence-electron chi connectivity index (χ2n) is 8.00. The maximum Gasteiger partial charge on any atom is 0.407 e. The smallest absolute Gasteiger partial charge is 0.407 e. The molecule has 1 aromatic rings. The molecule has 1 aromatic carbocycles. The van der Waals surface area contributed by atoms with Gasteiger partial charge in [-0.3, -0.25) is 23.4 Å². The SMILES string of the molecule is COC(=O)CCNC(=O)[C@@H]1O[P@@](=O)(N[C@@H](C)C(=O)OC2Cc3ccccc3C2)OCC1C. The van der Waals surface area contributed by atoms with E-state index in [1.807, 2.05) is 24.3 Å². The second-order valence-corrected chi connectivity index (χ2v) is 9.72. The maximum atomic E-state index is 13.0. The first kappa shape index (κ1) is 24.4. The van der Waals surface area contributed by atoms with E-state index in [9.17, 15) is 18.9 Å². The van der Waals surface area contributed by atoms with E-state index in [-0.39, 0.29) is 31.6 Å². The number of benzene rings is 1. The highest BCUT2D eigenvalue weighted by Crippen LogP contribution is 2.50. The molecule has 1 aliphatic heterocycles. The lowest BCUT2D eigenvalue weighted by atomic mass is 10.1. The van der Waals surface area contributed by atoms with Crippen molar-refractivity contribution in [3.05, 3.63) is 35.4 Å². The van der Waals surface area contributed by atoms with E-state index in [0.717, 1.165) is 11.1 Å². The lowest BCUT2D eigenvalue weighted by molar-refractivity contribution is -0.150. The average Bonchev–Trinajstić information content (AvgIpc) is 3.17. The van der Waals surface area contributed by atoms with Crippen LogP contribution in [0.15, 0.2) is 24.3 Å². The molecule has 4 atom stereocenters. The summed E-state index contributed by atoms with van der Waals surface area (Å²) in [5.41, 5.74) is 2.29. The number of rotatable bonds is 8. The van der Waals surface area contributed by atoms with Gasteiger partial charge in [0.15, 0.2) is 6.10 Å². The Morgan fingerprint density at radius 3 is 2.50 bits per heavy atom. The zero-order valence-corrected chi connectivity index (χ0v) is 19.3. The van der Waals surface area contributed by atoms with Crippen LogP contribution in [0.2, 0.25) is 0 Å². The molecule has 1 amide bonds. The second kappa shape index (κ2) is 10.6. The quantitative estimate of drug-likeness (QED) is 0.431. The van der Waals surface area contributed by atoms with E-state index in [2.05, 4.69) is 15.1 Å². The first-order valence-corrected chi connectivity index (χ1v) is 12.1. The number of methoxy groups -OCH3 is 1. The van der Waals surface area contributed by atoms with Crippen molar-refractivity contribution in [1.82, 2.24) is 10.4 Å². The predicted molar refractivity (Wildman–Crippen MR) is 114 cm³/mol. The third-order valence-electron chi connectivity index (χ3n) is 5.39. The Morgan fingerprint density at radius 2 is 1.88 bits per heavy atom. The Labute approximate surface area is 186 Å². The van der Waals surface area contributed by atoms with Crippen molar-refractivity contribution in [2.24, 2.45) is 5.92 Å². The Balaban J connectivity index is 1.51. The number of carbonyl (C=O) groups is 3. The molecule has 1 aliphatic carbocycles. The number of carbonyl (C=O) groups excluding carboxylic acids is 3. The fourth-order valence-corrected chi connectivity index (χ4v) is 5.42. The van der Waals surface area contributed by atoms with Crippen LogP contribution < -0.4 is 10.4 Å². The summed E-state index contributed by atoms with van der Waals surface area (Å²) >= 11 is 0. The molecule has 0 saturated carbocycles. The normalized spacial score (nSPS) is 26.1. The van der Waals surface area contributed by atoms with Crippen molar-refractivity contribution < 1.29 is 37.5 Å². The van der Waals surface area contributed by atoms with E-state index >= 15 is 0 Å². The molecular formula is C21H29N2O8P. The molecule has 32 heavy (non-hydrogen) atoms. The third kappa shape index (κ3) is 6.16. The van der Waals surface area contributed by atoms with Crippen LogP contribution in [0.4, 0.5) is 0 Å². The summed E-state index contributed by atoms with van der Waals surface area (Å²) in [7, 11) is -2.68. The zero-order chi connectivity index (χ0) is 23.3. The van der Waals surface area contributed by atoms with Crippen molar-refractivity contribution in [3.63, 3.8) is 0 Å². The number of hydrogen-bond acceptors (Lipinski definition) is 8. The van der Waals surface area contributed by atoms with Crippen LogP contribution in [-0.2, 0) is 50.3 Å². The first-order chi connectivity index (χ1) is 15.2. The Bertz CT molecular complexity index is 883. The molecule has 10 nitrogen and oxygen atoms in total. The lowest BCUT2D eigenvalue weighted by Crippen LogP contribution is -2.47. The highest BCUT2D eigenvalue weighted by Gasteiger charge is 2.43. The maximum absolute atomic E-state index is 13.0. The highest BCUT2D eigenvalue weighted by molar-refractivity contribution is 7.51. The highest BCUT2D eigenvalue weighted by atomic mass is 31.2. The van der Waals surface area contributed by atoms with Crippen LogP contribution in [0, 0.1) is 5.92 Å². The minimum atomic E-state index is -3.93. The molecule has 1 heterocycles. The average molecular weight is 468 g/mol. The molecular weight excluding hydrogens is 439 g/mol. The standard InChI is InChI=1S/C21H29N2O8P/c1-13-12-29-32(27,31-19(13)20(25)22-9-8-18(24)28-3)23-14(2)21(26)30-17-10-15-6-4-5-7-16(15)11-17/h4-7,13-14,17,19H,8-12H2,1-3H3,(H,22,25)(H,23,27)/t13?,14-,19+,32+/m0/s1. The molecule has 11 heteroatoms. The zero-order valence-electron chi connectivity index (χ0n) is 18.4. The van der Waals surface area contributed by atoms with Gasteiger partial charge in [0.25, 0.3) is 0 Å². The van der Waals surface area contributed by atoms with Gasteiger partial charge in [0.2, 0.25) is 5.91 Å². The molecule has 1 fully saturated rings. The molecule has 0 bridgehead atoms. The van der Waals surface area contributed by atoms with Gasteiger partial charge in [-0.1, -0.05) is 31.2 Å². The van der Waals surface area contributed by atoms with Crippen molar-refractivity contribution in [2.45, 2.75) is 51.4 Å². The topological polar surface area (TPSA) is 129 Å². The van der Waals surface area contributed by atoms with E-state index in [1.165, 1.54) is 14.0 Å². The molecule has 1 saturated heterocycles. The van der Waals surface area contributed by atoms with Crippen LogP contribution in [0.1, 0.15) is 31.4 Å². The predicted octanol–water partition coefficient (Wildman–Crippen LogP) is 1.51. The van der Waals surface area contributed by atoms with Crippen LogP contribution in [0.5, 0.6) is 0 Å². The largest absolute Gasteiger partial charge is 0.469 e. The summed E-state index contributed by atoms with van der Waals surface area (Å²) < 4.78 is 33.9. The van der Waals surface area contributed by atoms with Gasteiger partial charge >= 0.3 is 19.7 Å². The van der Waals surface area contributed by atoms with Crippen molar-refractivity contribution in [1.29, 1.82) is 0 Å². The van der Waals surface area contributed by atoms with Gasteiger partial charge in [-0.2, -0.15) is 0 Å². The minimum absolute atomic E-state index is 0.000924. The van der Waals surface area contributed by atoms with Crippen LogP contribution in [-0.4, -0.2) is 56.4 Å². The van der Waals surface area contributed by atoms with E-state index in [1.54, 1.807) is 6.92 Å². The number of ether oxygens (including phenoxy) is 2. The van der Waals surface area contributed by atoms with Crippen LogP contribution in [0.3, 0.4) is 0 Å².